The monoisotopic (exact) mass is 258 g/mol. The Hall–Kier alpha value is -1.88. The van der Waals surface area contributed by atoms with E-state index in [-0.39, 0.29) is 0 Å². The van der Waals surface area contributed by atoms with Gasteiger partial charge < -0.3 is 9.64 Å². The molecule has 0 radical (unpaired) electrons. The van der Waals surface area contributed by atoms with Crippen molar-refractivity contribution in [1.29, 1.82) is 0 Å². The van der Waals surface area contributed by atoms with Gasteiger partial charge in [0.05, 0.1) is 13.2 Å². The fraction of sp³-hybridized carbons (Fsp3) is 0.429. The van der Waals surface area contributed by atoms with Crippen LogP contribution in [-0.2, 0) is 11.2 Å². The summed E-state index contributed by atoms with van der Waals surface area (Å²) < 4.78 is 7.26. The molecule has 0 spiro atoms. The van der Waals surface area contributed by atoms with Crippen LogP contribution in [0.2, 0.25) is 0 Å². The van der Waals surface area contributed by atoms with Crippen molar-refractivity contribution < 1.29 is 4.74 Å². The number of morpholine rings is 1. The topological polar surface area (TPSA) is 43.2 Å². The van der Waals surface area contributed by atoms with Gasteiger partial charge in [-0.05, 0) is 18.6 Å². The normalized spacial score (nSPS) is 15.7. The summed E-state index contributed by atoms with van der Waals surface area (Å²) in [5.74, 6) is 1.92. The minimum Gasteiger partial charge on any atom is -0.378 e. The Morgan fingerprint density at radius 2 is 2.11 bits per heavy atom. The molecule has 1 aliphatic heterocycles. The van der Waals surface area contributed by atoms with Crippen LogP contribution in [0, 0.1) is 0 Å². The Balaban J connectivity index is 1.94. The number of aromatic nitrogens is 3. The van der Waals surface area contributed by atoms with E-state index in [0.29, 0.717) is 0 Å². The average molecular weight is 258 g/mol. The van der Waals surface area contributed by atoms with Crippen molar-refractivity contribution in [1.82, 2.24) is 14.8 Å². The molecule has 0 amide bonds. The maximum absolute atomic E-state index is 5.40. The molecular formula is C14H18N4O. The predicted octanol–water partition coefficient (Wildman–Crippen LogP) is 1.67. The molecule has 0 saturated carbocycles. The third kappa shape index (κ3) is 2.46. The number of rotatable bonds is 3. The maximum Gasteiger partial charge on any atom is 0.154 e. The van der Waals surface area contributed by atoms with E-state index in [1.54, 1.807) is 6.20 Å². The van der Waals surface area contributed by atoms with Gasteiger partial charge in [0, 0.05) is 31.0 Å². The highest BCUT2D eigenvalue weighted by Crippen LogP contribution is 2.21. The molecule has 19 heavy (non-hydrogen) atoms. The number of hydrogen-bond acceptors (Lipinski definition) is 4. The highest BCUT2D eigenvalue weighted by Gasteiger charge is 2.18. The fourth-order valence-electron chi connectivity index (χ4n) is 2.30. The summed E-state index contributed by atoms with van der Waals surface area (Å²) in [5.41, 5.74) is 1.26. The van der Waals surface area contributed by atoms with E-state index in [2.05, 4.69) is 23.0 Å². The van der Waals surface area contributed by atoms with Gasteiger partial charge >= 0.3 is 0 Å². The summed E-state index contributed by atoms with van der Waals surface area (Å²) in [5, 5.41) is 4.70. The lowest BCUT2D eigenvalue weighted by atomic mass is 10.2. The van der Waals surface area contributed by atoms with Crippen LogP contribution in [0.5, 0.6) is 0 Å². The van der Waals surface area contributed by atoms with Gasteiger partial charge in [0.1, 0.15) is 0 Å². The van der Waals surface area contributed by atoms with Crippen molar-refractivity contribution in [2.45, 2.75) is 13.3 Å². The van der Waals surface area contributed by atoms with Gasteiger partial charge in [0.25, 0.3) is 0 Å². The van der Waals surface area contributed by atoms with Crippen LogP contribution in [-0.4, -0.2) is 41.1 Å². The molecular weight excluding hydrogens is 240 g/mol. The van der Waals surface area contributed by atoms with Gasteiger partial charge in [-0.2, -0.15) is 0 Å². The molecule has 1 saturated heterocycles. The lowest BCUT2D eigenvalue weighted by Gasteiger charge is -2.27. The molecule has 3 rings (SSSR count). The first-order valence-corrected chi connectivity index (χ1v) is 6.71. The molecule has 0 bridgehead atoms. The van der Waals surface area contributed by atoms with Crippen LogP contribution >= 0.6 is 0 Å². The number of anilines is 1. The van der Waals surface area contributed by atoms with Crippen LogP contribution in [0.4, 0.5) is 5.82 Å². The standard InChI is InChI=1S/C14H18N4O/c1-2-12-11-18(13-5-3-4-6-15-13)16-14(12)17-7-9-19-10-8-17/h3-6,11H,2,7-10H2,1H3. The van der Waals surface area contributed by atoms with Crippen LogP contribution in [0.1, 0.15) is 12.5 Å². The molecule has 3 heterocycles. The van der Waals surface area contributed by atoms with Crippen molar-refractivity contribution in [3.05, 3.63) is 36.2 Å². The van der Waals surface area contributed by atoms with E-state index in [9.17, 15) is 0 Å². The summed E-state index contributed by atoms with van der Waals surface area (Å²) in [7, 11) is 0. The number of pyridine rings is 1. The van der Waals surface area contributed by atoms with E-state index in [0.717, 1.165) is 44.4 Å². The predicted molar refractivity (Wildman–Crippen MR) is 73.8 cm³/mol. The molecule has 0 atom stereocenters. The number of aryl methyl sites for hydroxylation is 1. The molecule has 100 valence electrons. The summed E-state index contributed by atoms with van der Waals surface area (Å²) in [6.07, 6.45) is 4.84. The second kappa shape index (κ2) is 5.40. The molecule has 5 heteroatoms. The van der Waals surface area contributed by atoms with Crippen LogP contribution < -0.4 is 4.90 Å². The highest BCUT2D eigenvalue weighted by molar-refractivity contribution is 5.47. The first-order valence-electron chi connectivity index (χ1n) is 6.71. The summed E-state index contributed by atoms with van der Waals surface area (Å²) >= 11 is 0. The van der Waals surface area contributed by atoms with E-state index in [1.807, 2.05) is 22.9 Å². The Morgan fingerprint density at radius 3 is 2.79 bits per heavy atom. The Bertz CT molecular complexity index is 532. The smallest absolute Gasteiger partial charge is 0.154 e. The quantitative estimate of drug-likeness (QED) is 0.840. The zero-order chi connectivity index (χ0) is 13.1. The van der Waals surface area contributed by atoms with Crippen LogP contribution in [0.25, 0.3) is 5.82 Å². The van der Waals surface area contributed by atoms with E-state index in [4.69, 9.17) is 9.84 Å². The average Bonchev–Trinajstić information content (AvgIpc) is 2.93. The van der Waals surface area contributed by atoms with Crippen molar-refractivity contribution in [3.63, 3.8) is 0 Å². The number of hydrogen-bond donors (Lipinski definition) is 0. The number of ether oxygens (including phenoxy) is 1. The van der Waals surface area contributed by atoms with Gasteiger partial charge in [0.15, 0.2) is 11.6 Å². The first-order chi connectivity index (χ1) is 9.38. The summed E-state index contributed by atoms with van der Waals surface area (Å²) in [4.78, 5) is 6.63. The zero-order valence-electron chi connectivity index (χ0n) is 11.1. The minimum absolute atomic E-state index is 0.777. The molecule has 5 nitrogen and oxygen atoms in total. The van der Waals surface area contributed by atoms with E-state index < -0.39 is 0 Å². The van der Waals surface area contributed by atoms with Crippen molar-refractivity contribution in [3.8, 4) is 5.82 Å². The molecule has 2 aromatic rings. The minimum atomic E-state index is 0.777. The van der Waals surface area contributed by atoms with Gasteiger partial charge in [-0.15, -0.1) is 5.10 Å². The van der Waals surface area contributed by atoms with E-state index >= 15 is 0 Å². The van der Waals surface area contributed by atoms with Crippen LogP contribution in [0.3, 0.4) is 0 Å². The molecule has 2 aromatic heterocycles. The molecule has 0 aromatic carbocycles. The first kappa shape index (κ1) is 12.2. The second-order valence-electron chi connectivity index (χ2n) is 4.56. The third-order valence-electron chi connectivity index (χ3n) is 3.34. The van der Waals surface area contributed by atoms with Crippen molar-refractivity contribution in [2.24, 2.45) is 0 Å². The Kier molecular flexibility index (Phi) is 3.46. The van der Waals surface area contributed by atoms with Gasteiger partial charge in [0.2, 0.25) is 0 Å². The fourth-order valence-corrected chi connectivity index (χ4v) is 2.30. The van der Waals surface area contributed by atoms with Gasteiger partial charge in [-0.25, -0.2) is 9.67 Å². The molecule has 0 N–H and O–H groups in total. The van der Waals surface area contributed by atoms with Gasteiger partial charge in [-0.1, -0.05) is 13.0 Å². The lowest BCUT2D eigenvalue weighted by molar-refractivity contribution is 0.122. The summed E-state index contributed by atoms with van der Waals surface area (Å²) in [6.45, 7) is 5.53. The Labute approximate surface area is 112 Å². The van der Waals surface area contributed by atoms with Crippen molar-refractivity contribution in [2.75, 3.05) is 31.2 Å². The summed E-state index contributed by atoms with van der Waals surface area (Å²) in [6, 6.07) is 5.86. The molecule has 1 fully saturated rings. The van der Waals surface area contributed by atoms with Crippen LogP contribution in [0.15, 0.2) is 30.6 Å². The lowest BCUT2D eigenvalue weighted by Crippen LogP contribution is -2.37. The van der Waals surface area contributed by atoms with Crippen molar-refractivity contribution >= 4 is 5.82 Å². The zero-order valence-corrected chi connectivity index (χ0v) is 11.1. The van der Waals surface area contributed by atoms with E-state index in [1.165, 1.54) is 5.56 Å². The highest BCUT2D eigenvalue weighted by atomic mass is 16.5. The van der Waals surface area contributed by atoms with Gasteiger partial charge in [-0.3, -0.25) is 0 Å². The molecule has 0 unspecified atom stereocenters. The third-order valence-corrected chi connectivity index (χ3v) is 3.34. The SMILES string of the molecule is CCc1cn(-c2ccccn2)nc1N1CCOCC1. The molecule has 1 aliphatic rings. The maximum atomic E-state index is 5.40. The number of nitrogens with zero attached hydrogens (tertiary/aromatic N) is 4. The second-order valence-corrected chi connectivity index (χ2v) is 4.56. The largest absolute Gasteiger partial charge is 0.378 e. The molecule has 0 aliphatic carbocycles. The Morgan fingerprint density at radius 1 is 1.26 bits per heavy atom.